The van der Waals surface area contributed by atoms with Crippen LogP contribution in [0.2, 0.25) is 0 Å². The quantitative estimate of drug-likeness (QED) is 0.744. The Morgan fingerprint density at radius 3 is 2.77 bits per heavy atom. The monoisotopic (exact) mass is 429 g/mol. The van der Waals surface area contributed by atoms with E-state index in [0.29, 0.717) is 12.0 Å². The number of sulfonamides is 1. The number of piperidine rings is 1. The van der Waals surface area contributed by atoms with Gasteiger partial charge in [-0.05, 0) is 62.0 Å². The number of carbonyl (C=O) groups excluding carboxylic acids is 1. The van der Waals surface area contributed by atoms with Crippen LogP contribution in [0, 0.1) is 11.3 Å². The zero-order valence-electron chi connectivity index (χ0n) is 17.8. The van der Waals surface area contributed by atoms with Crippen LogP contribution < -0.4 is 4.72 Å². The Hall–Kier alpha value is -2.15. The molecular weight excluding hydrogens is 398 g/mol. The van der Waals surface area contributed by atoms with Crippen molar-refractivity contribution in [2.24, 2.45) is 16.3 Å². The molecule has 1 aliphatic carbocycles. The number of nitrogens with one attached hydrogen (secondary N) is 1. The molecule has 1 N–H and O–H groups in total. The van der Waals surface area contributed by atoms with Gasteiger partial charge in [0.15, 0.2) is 0 Å². The van der Waals surface area contributed by atoms with Gasteiger partial charge < -0.3 is 4.90 Å². The molecule has 2 atom stereocenters. The number of aliphatic imine (C=N–C) groups is 1. The van der Waals surface area contributed by atoms with E-state index in [2.05, 4.69) is 35.7 Å². The fourth-order valence-electron chi connectivity index (χ4n) is 4.96. The second-order valence-corrected chi connectivity index (χ2v) is 11.0. The topological polar surface area (TPSA) is 78.8 Å². The van der Waals surface area contributed by atoms with Gasteiger partial charge in [0.25, 0.3) is 10.0 Å². The van der Waals surface area contributed by atoms with Crippen LogP contribution in [-0.4, -0.2) is 44.2 Å². The van der Waals surface area contributed by atoms with Gasteiger partial charge in [0, 0.05) is 18.7 Å². The van der Waals surface area contributed by atoms with Crippen LogP contribution in [0.5, 0.6) is 0 Å². The number of nitrogens with zero attached hydrogens (tertiary/aromatic N) is 2. The van der Waals surface area contributed by atoms with E-state index in [9.17, 15) is 13.2 Å². The van der Waals surface area contributed by atoms with Crippen LogP contribution in [0.25, 0.3) is 0 Å². The predicted molar refractivity (Wildman–Crippen MR) is 118 cm³/mol. The van der Waals surface area contributed by atoms with E-state index >= 15 is 0 Å². The summed E-state index contributed by atoms with van der Waals surface area (Å²) in [4.78, 5) is 20.4. The number of hydrogen-bond acceptors (Lipinski definition) is 4. The molecule has 1 aromatic rings. The maximum absolute atomic E-state index is 13.5. The van der Waals surface area contributed by atoms with Gasteiger partial charge in [-0.1, -0.05) is 38.1 Å². The third-order valence-corrected chi connectivity index (χ3v) is 7.86. The summed E-state index contributed by atoms with van der Waals surface area (Å²) in [5.41, 5.74) is 0.742. The lowest BCUT2D eigenvalue weighted by Crippen LogP contribution is -2.49. The van der Waals surface area contributed by atoms with Crippen LogP contribution >= 0.6 is 0 Å². The molecule has 1 aromatic carbocycles. The Morgan fingerprint density at radius 1 is 1.23 bits per heavy atom. The highest BCUT2D eigenvalue weighted by Crippen LogP contribution is 2.41. The van der Waals surface area contributed by atoms with E-state index in [1.807, 2.05) is 4.90 Å². The molecular formula is C23H31N3O3S. The average molecular weight is 430 g/mol. The van der Waals surface area contributed by atoms with Crippen LogP contribution in [0.4, 0.5) is 0 Å². The van der Waals surface area contributed by atoms with Crippen molar-refractivity contribution in [3.63, 3.8) is 0 Å². The molecule has 1 saturated heterocycles. The fourth-order valence-corrected chi connectivity index (χ4v) is 6.20. The highest BCUT2D eigenvalue weighted by Gasteiger charge is 2.39. The van der Waals surface area contributed by atoms with Gasteiger partial charge in [-0.3, -0.25) is 14.5 Å². The summed E-state index contributed by atoms with van der Waals surface area (Å²) in [6, 6.07) is 6.23. The smallest absolute Gasteiger partial charge is 0.263 e. The van der Waals surface area contributed by atoms with E-state index in [1.54, 1.807) is 24.3 Å². The Balaban J connectivity index is 1.61. The van der Waals surface area contributed by atoms with Gasteiger partial charge in [-0.25, -0.2) is 8.42 Å². The van der Waals surface area contributed by atoms with Crippen molar-refractivity contribution in [3.05, 3.63) is 42.0 Å². The first kappa shape index (κ1) is 21.1. The van der Waals surface area contributed by atoms with Gasteiger partial charge >= 0.3 is 0 Å². The summed E-state index contributed by atoms with van der Waals surface area (Å²) in [5.74, 6) is 0.582. The molecule has 2 unspecified atom stereocenters. The summed E-state index contributed by atoms with van der Waals surface area (Å²) >= 11 is 0. The highest BCUT2D eigenvalue weighted by molar-refractivity contribution is 7.90. The van der Waals surface area contributed by atoms with Gasteiger partial charge in [0.1, 0.15) is 11.9 Å². The zero-order chi connectivity index (χ0) is 21.4. The Morgan fingerprint density at radius 2 is 2.03 bits per heavy atom. The number of carbonyl (C=O) groups is 1. The lowest BCUT2D eigenvalue weighted by Gasteiger charge is -2.44. The molecule has 1 amide bonds. The highest BCUT2D eigenvalue weighted by atomic mass is 32.2. The van der Waals surface area contributed by atoms with Crippen LogP contribution in [0.15, 0.2) is 46.3 Å². The van der Waals surface area contributed by atoms with Crippen molar-refractivity contribution in [3.8, 4) is 0 Å². The number of rotatable bonds is 4. The molecule has 2 aliphatic heterocycles. The van der Waals surface area contributed by atoms with Crippen molar-refractivity contribution in [2.75, 3.05) is 13.1 Å². The Kier molecular flexibility index (Phi) is 5.75. The van der Waals surface area contributed by atoms with E-state index in [-0.39, 0.29) is 28.0 Å². The molecule has 0 saturated carbocycles. The largest absolute Gasteiger partial charge is 0.340 e. The summed E-state index contributed by atoms with van der Waals surface area (Å²) in [7, 11) is -3.61. The molecule has 162 valence electrons. The lowest BCUT2D eigenvalue weighted by atomic mass is 9.71. The average Bonchev–Trinajstić information content (AvgIpc) is 2.97. The van der Waals surface area contributed by atoms with Gasteiger partial charge in [-0.15, -0.1) is 0 Å². The SMILES string of the molecule is CC(C)CC(N=C1NS(=O)(=O)c2ccccc21)C(=O)N1CCCC2(CC=CCC2)C1. The van der Waals surface area contributed by atoms with E-state index < -0.39 is 16.1 Å². The number of benzene rings is 1. The minimum Gasteiger partial charge on any atom is -0.340 e. The van der Waals surface area contributed by atoms with Gasteiger partial charge in [0.05, 0.1) is 4.90 Å². The number of fused-ring (bicyclic) bond motifs is 1. The second-order valence-electron chi connectivity index (χ2n) is 9.30. The molecule has 1 spiro atoms. The maximum Gasteiger partial charge on any atom is 0.263 e. The van der Waals surface area contributed by atoms with E-state index in [1.165, 1.54) is 0 Å². The van der Waals surface area contributed by atoms with Crippen molar-refractivity contribution >= 4 is 21.8 Å². The van der Waals surface area contributed by atoms with Crippen molar-refractivity contribution in [2.45, 2.75) is 63.3 Å². The second kappa shape index (κ2) is 8.17. The molecule has 30 heavy (non-hydrogen) atoms. The standard InChI is InChI=1S/C23H31N3O3S/c1-17(2)15-19(24-21-18-9-4-5-10-20(18)30(28,29)25-21)22(27)26-14-8-13-23(16-26)11-6-3-7-12-23/h3-6,9-10,17,19H,7-8,11-16H2,1-2H3,(H,24,25). The van der Waals surface area contributed by atoms with Crippen LogP contribution in [-0.2, 0) is 14.8 Å². The maximum atomic E-state index is 13.5. The summed E-state index contributed by atoms with van der Waals surface area (Å²) < 4.78 is 27.5. The predicted octanol–water partition coefficient (Wildman–Crippen LogP) is 3.49. The summed E-state index contributed by atoms with van der Waals surface area (Å²) in [6.07, 6.45) is 10.5. The molecule has 0 radical (unpaired) electrons. The molecule has 6 nitrogen and oxygen atoms in total. The third-order valence-electron chi connectivity index (χ3n) is 6.46. The van der Waals surface area contributed by atoms with Crippen molar-refractivity contribution in [1.29, 1.82) is 0 Å². The zero-order valence-corrected chi connectivity index (χ0v) is 18.6. The number of amidine groups is 1. The first-order valence-corrected chi connectivity index (χ1v) is 12.4. The first-order valence-electron chi connectivity index (χ1n) is 10.9. The fraction of sp³-hybridized carbons (Fsp3) is 0.565. The molecule has 7 heteroatoms. The minimum atomic E-state index is -3.61. The third kappa shape index (κ3) is 4.17. The van der Waals surface area contributed by atoms with Gasteiger partial charge in [0.2, 0.25) is 5.91 Å². The van der Waals surface area contributed by atoms with E-state index in [0.717, 1.165) is 45.2 Å². The molecule has 2 heterocycles. The number of amides is 1. The molecule has 0 aromatic heterocycles. The van der Waals surface area contributed by atoms with Crippen molar-refractivity contribution < 1.29 is 13.2 Å². The Bertz CT molecular complexity index is 983. The van der Waals surface area contributed by atoms with Gasteiger partial charge in [-0.2, -0.15) is 0 Å². The van der Waals surface area contributed by atoms with Crippen LogP contribution in [0.3, 0.4) is 0 Å². The molecule has 3 aliphatic rings. The molecule has 1 fully saturated rings. The van der Waals surface area contributed by atoms with E-state index in [4.69, 9.17) is 0 Å². The normalized spacial score (nSPS) is 27.3. The lowest BCUT2D eigenvalue weighted by molar-refractivity contribution is -0.136. The minimum absolute atomic E-state index is 0.0217. The summed E-state index contributed by atoms with van der Waals surface area (Å²) in [5, 5.41) is 0. The summed E-state index contributed by atoms with van der Waals surface area (Å²) in [6.45, 7) is 5.66. The Labute approximate surface area is 179 Å². The van der Waals surface area contributed by atoms with Crippen molar-refractivity contribution in [1.82, 2.24) is 9.62 Å². The molecule has 4 rings (SSSR count). The van der Waals surface area contributed by atoms with Crippen LogP contribution in [0.1, 0.15) is 57.9 Å². The number of hydrogen-bond donors (Lipinski definition) is 1. The molecule has 0 bridgehead atoms. The number of likely N-dealkylation sites (tertiary alicyclic amines) is 1. The first-order chi connectivity index (χ1) is 14.3. The number of allylic oxidation sites excluding steroid dienone is 2.